The highest BCUT2D eigenvalue weighted by Gasteiger charge is 2.35. The molecule has 19 heavy (non-hydrogen) atoms. The Morgan fingerprint density at radius 3 is 2.63 bits per heavy atom. The number of alkyl halides is 3. The summed E-state index contributed by atoms with van der Waals surface area (Å²) in [4.78, 5) is 6.66. The van der Waals surface area contributed by atoms with Gasteiger partial charge in [0.15, 0.2) is 0 Å². The second-order valence-corrected chi connectivity index (χ2v) is 5.66. The van der Waals surface area contributed by atoms with Crippen molar-refractivity contribution in [1.29, 1.82) is 0 Å². The molecule has 3 N–H and O–H groups in total. The van der Waals surface area contributed by atoms with Crippen molar-refractivity contribution in [3.63, 3.8) is 0 Å². The van der Waals surface area contributed by atoms with Crippen molar-refractivity contribution in [2.45, 2.75) is 19.0 Å². The van der Waals surface area contributed by atoms with Gasteiger partial charge < -0.3 is 11.1 Å². The van der Waals surface area contributed by atoms with Crippen LogP contribution in [-0.2, 0) is 6.18 Å². The van der Waals surface area contributed by atoms with E-state index in [9.17, 15) is 13.2 Å². The molecule has 0 atom stereocenters. The zero-order valence-electron chi connectivity index (χ0n) is 10.2. The number of halogens is 3. The van der Waals surface area contributed by atoms with Crippen LogP contribution in [0.1, 0.15) is 18.7 Å². The molecule has 0 aromatic carbocycles. The summed E-state index contributed by atoms with van der Waals surface area (Å²) in [6, 6.07) is 1.33. The third kappa shape index (κ3) is 4.15. The van der Waals surface area contributed by atoms with Crippen LogP contribution in [0.5, 0.6) is 0 Å². The van der Waals surface area contributed by atoms with Crippen LogP contribution in [0.25, 0.3) is 0 Å². The second-order valence-electron chi connectivity index (χ2n) is 4.44. The molecule has 4 nitrogen and oxygen atoms in total. The van der Waals surface area contributed by atoms with Crippen LogP contribution in [0.3, 0.4) is 0 Å². The topological polar surface area (TPSA) is 63.8 Å². The molecule has 0 unspecified atom stereocenters. The highest BCUT2D eigenvalue weighted by atomic mass is 32.2. The van der Waals surface area contributed by atoms with Crippen LogP contribution < -0.4 is 11.1 Å². The molecule has 106 valence electrons. The van der Waals surface area contributed by atoms with Crippen molar-refractivity contribution in [2.75, 3.05) is 29.1 Å². The molecule has 0 spiro atoms. The largest absolute Gasteiger partial charge is 0.451 e. The lowest BCUT2D eigenvalue weighted by Crippen LogP contribution is -2.21. The van der Waals surface area contributed by atoms with Gasteiger partial charge in [0.2, 0.25) is 5.82 Å². The Bertz CT molecular complexity index is 432. The number of thioether (sulfide) groups is 1. The number of anilines is 2. The molecule has 8 heteroatoms. The number of nitrogens with two attached hydrogens (primary N) is 1. The van der Waals surface area contributed by atoms with Gasteiger partial charge in [-0.3, -0.25) is 0 Å². The van der Waals surface area contributed by atoms with Crippen LogP contribution in [0.4, 0.5) is 24.8 Å². The second kappa shape index (κ2) is 5.85. The normalized spacial score (nSPS) is 17.4. The average Bonchev–Trinajstić information content (AvgIpc) is 2.36. The molecule has 1 aliphatic heterocycles. The van der Waals surface area contributed by atoms with E-state index in [2.05, 4.69) is 15.3 Å². The molecule has 1 aromatic rings. The summed E-state index contributed by atoms with van der Waals surface area (Å²) in [6.45, 7) is 0.619. The van der Waals surface area contributed by atoms with Gasteiger partial charge in [-0.05, 0) is 30.3 Å². The van der Waals surface area contributed by atoms with Gasteiger partial charge in [0.05, 0.1) is 0 Å². The standard InChI is InChI=1S/C11H15F3N4S/c12-11(13,14)10-17-8(15)5-9(18-10)16-6-7-1-3-19-4-2-7/h5,7H,1-4,6H2,(H3,15,16,17,18). The molecule has 0 aliphatic carbocycles. The van der Waals surface area contributed by atoms with Gasteiger partial charge in [-0.25, -0.2) is 9.97 Å². The maximum absolute atomic E-state index is 12.5. The molecule has 1 aliphatic rings. The maximum atomic E-state index is 12.5. The summed E-state index contributed by atoms with van der Waals surface area (Å²) in [7, 11) is 0. The first-order valence-corrected chi connectivity index (χ1v) is 7.14. The van der Waals surface area contributed by atoms with Crippen molar-refractivity contribution in [2.24, 2.45) is 5.92 Å². The zero-order chi connectivity index (χ0) is 13.9. The number of hydrogen-bond donors (Lipinski definition) is 2. The number of nitrogens with one attached hydrogen (secondary N) is 1. The van der Waals surface area contributed by atoms with E-state index >= 15 is 0 Å². The number of nitrogens with zero attached hydrogens (tertiary/aromatic N) is 2. The predicted octanol–water partition coefficient (Wildman–Crippen LogP) is 2.63. The highest BCUT2D eigenvalue weighted by Crippen LogP contribution is 2.28. The number of aromatic nitrogens is 2. The zero-order valence-corrected chi connectivity index (χ0v) is 11.0. The number of hydrogen-bond acceptors (Lipinski definition) is 5. The van der Waals surface area contributed by atoms with Crippen LogP contribution in [0.2, 0.25) is 0 Å². The quantitative estimate of drug-likeness (QED) is 0.896. The van der Waals surface area contributed by atoms with E-state index < -0.39 is 12.0 Å². The Morgan fingerprint density at radius 1 is 1.32 bits per heavy atom. The van der Waals surface area contributed by atoms with Crippen LogP contribution in [0, 0.1) is 5.92 Å². The molecule has 2 rings (SSSR count). The Balaban J connectivity index is 2.01. The van der Waals surface area contributed by atoms with E-state index in [1.54, 1.807) is 0 Å². The van der Waals surface area contributed by atoms with Crippen LogP contribution in [-0.4, -0.2) is 28.0 Å². The number of nitrogen functional groups attached to an aromatic ring is 1. The monoisotopic (exact) mass is 292 g/mol. The molecule has 0 saturated carbocycles. The molecule has 1 saturated heterocycles. The molecule has 1 fully saturated rings. The first kappa shape index (κ1) is 14.2. The van der Waals surface area contributed by atoms with Crippen molar-refractivity contribution < 1.29 is 13.2 Å². The van der Waals surface area contributed by atoms with Gasteiger partial charge in [-0.2, -0.15) is 24.9 Å². The van der Waals surface area contributed by atoms with Gasteiger partial charge in [0.25, 0.3) is 0 Å². The van der Waals surface area contributed by atoms with Gasteiger partial charge >= 0.3 is 6.18 Å². The van der Waals surface area contributed by atoms with E-state index in [4.69, 9.17) is 5.73 Å². The average molecular weight is 292 g/mol. The third-order valence-electron chi connectivity index (χ3n) is 2.91. The summed E-state index contributed by atoms with van der Waals surface area (Å²) >= 11 is 1.91. The minimum atomic E-state index is -4.58. The van der Waals surface area contributed by atoms with Gasteiger partial charge in [0.1, 0.15) is 11.6 Å². The molecule has 0 radical (unpaired) electrons. The molecule has 1 aromatic heterocycles. The SMILES string of the molecule is Nc1cc(NCC2CCSCC2)nc(C(F)(F)F)n1. The van der Waals surface area contributed by atoms with Crippen molar-refractivity contribution in [3.8, 4) is 0 Å². The number of rotatable bonds is 3. The maximum Gasteiger partial charge on any atom is 0.451 e. The van der Waals surface area contributed by atoms with E-state index in [1.807, 2.05) is 11.8 Å². The Hall–Kier alpha value is -1.18. The Labute approximate surface area is 113 Å². The first-order chi connectivity index (χ1) is 8.95. The van der Waals surface area contributed by atoms with E-state index in [0.29, 0.717) is 12.5 Å². The van der Waals surface area contributed by atoms with Gasteiger partial charge in [-0.1, -0.05) is 0 Å². The fraction of sp³-hybridized carbons (Fsp3) is 0.636. The van der Waals surface area contributed by atoms with Gasteiger partial charge in [0, 0.05) is 12.6 Å². The summed E-state index contributed by atoms with van der Waals surface area (Å²) in [6.07, 6.45) is -2.43. The molecular formula is C11H15F3N4S. The predicted molar refractivity (Wildman–Crippen MR) is 70.0 cm³/mol. The minimum Gasteiger partial charge on any atom is -0.384 e. The third-order valence-corrected chi connectivity index (χ3v) is 3.96. The van der Waals surface area contributed by atoms with E-state index in [1.165, 1.54) is 6.07 Å². The highest BCUT2D eigenvalue weighted by molar-refractivity contribution is 7.99. The van der Waals surface area contributed by atoms with E-state index in [-0.39, 0.29) is 11.6 Å². The lowest BCUT2D eigenvalue weighted by Gasteiger charge is -2.21. The lowest BCUT2D eigenvalue weighted by atomic mass is 10.0. The summed E-state index contributed by atoms with van der Waals surface area (Å²) in [5, 5.41) is 2.93. The Kier molecular flexibility index (Phi) is 4.38. The van der Waals surface area contributed by atoms with E-state index in [0.717, 1.165) is 24.3 Å². The summed E-state index contributed by atoms with van der Waals surface area (Å²) in [5.74, 6) is 1.45. The minimum absolute atomic E-state index is 0.137. The fourth-order valence-corrected chi connectivity index (χ4v) is 3.09. The first-order valence-electron chi connectivity index (χ1n) is 5.98. The van der Waals surface area contributed by atoms with Crippen molar-refractivity contribution in [1.82, 2.24) is 9.97 Å². The summed E-state index contributed by atoms with van der Waals surface area (Å²) < 4.78 is 37.6. The smallest absolute Gasteiger partial charge is 0.384 e. The molecule has 0 bridgehead atoms. The Morgan fingerprint density at radius 2 is 2.00 bits per heavy atom. The molecule has 0 amide bonds. The van der Waals surface area contributed by atoms with Crippen molar-refractivity contribution in [3.05, 3.63) is 11.9 Å². The molecular weight excluding hydrogens is 277 g/mol. The molecule has 2 heterocycles. The van der Waals surface area contributed by atoms with Crippen molar-refractivity contribution >= 4 is 23.4 Å². The van der Waals surface area contributed by atoms with Crippen LogP contribution >= 0.6 is 11.8 Å². The van der Waals surface area contributed by atoms with Gasteiger partial charge in [-0.15, -0.1) is 0 Å². The summed E-state index contributed by atoms with van der Waals surface area (Å²) in [5.41, 5.74) is 5.37. The fourth-order valence-electron chi connectivity index (χ4n) is 1.88. The lowest BCUT2D eigenvalue weighted by molar-refractivity contribution is -0.144. The van der Waals surface area contributed by atoms with Crippen LogP contribution in [0.15, 0.2) is 6.07 Å².